The zero-order valence-corrected chi connectivity index (χ0v) is 10.1. The lowest BCUT2D eigenvalue weighted by Gasteiger charge is -2.27. The quantitative estimate of drug-likeness (QED) is 0.776. The molecule has 1 N–H and O–H groups in total. The number of carbonyl (C=O) groups excluding carboxylic acids is 2. The Balaban J connectivity index is 1.90. The summed E-state index contributed by atoms with van der Waals surface area (Å²) in [4.78, 5) is 23.1. The number of hydrogen-bond donors (Lipinski definition) is 1. The van der Waals surface area contributed by atoms with E-state index in [1.54, 1.807) is 6.92 Å². The lowest BCUT2D eigenvalue weighted by atomic mass is 9.78. The van der Waals surface area contributed by atoms with Gasteiger partial charge in [0.2, 0.25) is 5.91 Å². The summed E-state index contributed by atoms with van der Waals surface area (Å²) in [6.45, 7) is 1.64. The molecule has 0 aromatic carbocycles. The maximum atomic E-state index is 11.8. The van der Waals surface area contributed by atoms with Crippen molar-refractivity contribution in [2.45, 2.75) is 64.3 Å². The molecule has 2 rings (SSSR count). The summed E-state index contributed by atoms with van der Waals surface area (Å²) in [5.74, 6) is 0.381. The molecule has 1 amide bonds. The molecule has 16 heavy (non-hydrogen) atoms. The zero-order chi connectivity index (χ0) is 11.6. The van der Waals surface area contributed by atoms with E-state index in [0.29, 0.717) is 18.9 Å². The molecule has 0 atom stereocenters. The van der Waals surface area contributed by atoms with Crippen molar-refractivity contribution in [2.24, 2.45) is 5.41 Å². The van der Waals surface area contributed by atoms with Crippen molar-refractivity contribution >= 4 is 11.7 Å². The summed E-state index contributed by atoms with van der Waals surface area (Å²) in [6, 6.07) is 0.434. The third-order valence-electron chi connectivity index (χ3n) is 3.77. The van der Waals surface area contributed by atoms with E-state index in [4.69, 9.17) is 0 Å². The van der Waals surface area contributed by atoms with Gasteiger partial charge in [0.25, 0.3) is 0 Å². The van der Waals surface area contributed by atoms with Crippen molar-refractivity contribution in [1.29, 1.82) is 0 Å². The Hall–Kier alpha value is -0.860. The van der Waals surface area contributed by atoms with Gasteiger partial charge in [-0.2, -0.15) is 0 Å². The summed E-state index contributed by atoms with van der Waals surface area (Å²) >= 11 is 0. The predicted octanol–water partition coefficient (Wildman–Crippen LogP) is 2.19. The average molecular weight is 223 g/mol. The van der Waals surface area contributed by atoms with Gasteiger partial charge in [0.1, 0.15) is 5.78 Å². The lowest BCUT2D eigenvalue weighted by Crippen LogP contribution is -2.32. The SMILES string of the molecule is CC(=O)CC1(CC(=O)NC2CC2)CCCC1. The van der Waals surface area contributed by atoms with Crippen LogP contribution in [0.4, 0.5) is 0 Å². The van der Waals surface area contributed by atoms with E-state index >= 15 is 0 Å². The van der Waals surface area contributed by atoms with Crippen LogP contribution in [0.2, 0.25) is 0 Å². The largest absolute Gasteiger partial charge is 0.353 e. The van der Waals surface area contributed by atoms with Gasteiger partial charge < -0.3 is 10.1 Å². The Bertz CT molecular complexity index is 288. The Labute approximate surface area is 97.0 Å². The second-order valence-electron chi connectivity index (χ2n) is 5.60. The van der Waals surface area contributed by atoms with Gasteiger partial charge in [-0.25, -0.2) is 0 Å². The Kier molecular flexibility index (Phi) is 3.31. The molecule has 0 aliphatic heterocycles. The zero-order valence-electron chi connectivity index (χ0n) is 10.1. The topological polar surface area (TPSA) is 46.2 Å². The molecule has 2 saturated carbocycles. The molecule has 0 aromatic heterocycles. The van der Waals surface area contributed by atoms with Crippen molar-refractivity contribution in [3.8, 4) is 0 Å². The monoisotopic (exact) mass is 223 g/mol. The van der Waals surface area contributed by atoms with Crippen LogP contribution in [0.3, 0.4) is 0 Å². The molecule has 0 bridgehead atoms. The van der Waals surface area contributed by atoms with Gasteiger partial charge in [-0.05, 0) is 38.0 Å². The van der Waals surface area contributed by atoms with Crippen LogP contribution in [-0.4, -0.2) is 17.7 Å². The molecule has 0 heterocycles. The average Bonchev–Trinajstić information content (AvgIpc) is 2.85. The molecule has 0 saturated heterocycles. The third-order valence-corrected chi connectivity index (χ3v) is 3.77. The van der Waals surface area contributed by atoms with Gasteiger partial charge in [0.05, 0.1) is 0 Å². The van der Waals surface area contributed by atoms with Gasteiger partial charge in [-0.1, -0.05) is 12.8 Å². The number of amides is 1. The summed E-state index contributed by atoms with van der Waals surface area (Å²) in [5.41, 5.74) is -0.00912. The van der Waals surface area contributed by atoms with Crippen LogP contribution >= 0.6 is 0 Å². The van der Waals surface area contributed by atoms with Crippen LogP contribution in [-0.2, 0) is 9.59 Å². The third kappa shape index (κ3) is 3.06. The van der Waals surface area contributed by atoms with Gasteiger partial charge >= 0.3 is 0 Å². The molecule has 2 aliphatic carbocycles. The first kappa shape index (κ1) is 11.6. The molecule has 90 valence electrons. The number of Topliss-reactive ketones (excluding diaryl/α,β-unsaturated/α-hetero) is 1. The van der Waals surface area contributed by atoms with Gasteiger partial charge in [0, 0.05) is 18.9 Å². The molecule has 0 aromatic rings. The smallest absolute Gasteiger partial charge is 0.220 e. The minimum atomic E-state index is -0.00912. The number of hydrogen-bond acceptors (Lipinski definition) is 2. The standard InChI is InChI=1S/C13H21NO2/c1-10(15)8-13(6-2-3-7-13)9-12(16)14-11-4-5-11/h11H,2-9H2,1H3,(H,14,16). The highest BCUT2D eigenvalue weighted by Crippen LogP contribution is 2.44. The summed E-state index contributed by atoms with van der Waals surface area (Å²) in [7, 11) is 0. The van der Waals surface area contributed by atoms with Crippen LogP contribution in [0, 0.1) is 5.41 Å². The predicted molar refractivity (Wildman–Crippen MR) is 62.0 cm³/mol. The van der Waals surface area contributed by atoms with Crippen LogP contribution < -0.4 is 5.32 Å². The Morgan fingerprint density at radius 3 is 2.31 bits per heavy atom. The number of rotatable bonds is 5. The number of carbonyl (C=O) groups is 2. The summed E-state index contributed by atoms with van der Waals surface area (Å²) in [5, 5.41) is 3.03. The lowest BCUT2D eigenvalue weighted by molar-refractivity contribution is -0.125. The van der Waals surface area contributed by atoms with Crippen molar-refractivity contribution < 1.29 is 9.59 Å². The molecule has 0 radical (unpaired) electrons. The van der Waals surface area contributed by atoms with E-state index in [1.807, 2.05) is 0 Å². The van der Waals surface area contributed by atoms with Crippen molar-refractivity contribution in [2.75, 3.05) is 0 Å². The van der Waals surface area contributed by atoms with E-state index in [9.17, 15) is 9.59 Å². The number of ketones is 1. The maximum Gasteiger partial charge on any atom is 0.220 e. The van der Waals surface area contributed by atoms with Crippen molar-refractivity contribution in [3.05, 3.63) is 0 Å². The van der Waals surface area contributed by atoms with E-state index in [-0.39, 0.29) is 17.1 Å². The molecule has 2 fully saturated rings. The Morgan fingerprint density at radius 2 is 1.81 bits per heavy atom. The first-order valence-electron chi connectivity index (χ1n) is 6.38. The fourth-order valence-corrected chi connectivity index (χ4v) is 2.92. The Morgan fingerprint density at radius 1 is 1.19 bits per heavy atom. The molecule has 2 aliphatic rings. The van der Waals surface area contributed by atoms with Crippen LogP contribution in [0.5, 0.6) is 0 Å². The highest BCUT2D eigenvalue weighted by atomic mass is 16.1. The second-order valence-corrected chi connectivity index (χ2v) is 5.60. The molecular formula is C13H21NO2. The van der Waals surface area contributed by atoms with Crippen molar-refractivity contribution in [1.82, 2.24) is 5.32 Å². The first-order valence-corrected chi connectivity index (χ1v) is 6.38. The second kappa shape index (κ2) is 4.56. The fourth-order valence-electron chi connectivity index (χ4n) is 2.92. The summed E-state index contributed by atoms with van der Waals surface area (Å²) < 4.78 is 0. The van der Waals surface area contributed by atoms with E-state index in [0.717, 1.165) is 25.7 Å². The molecule has 0 unspecified atom stereocenters. The van der Waals surface area contributed by atoms with E-state index in [2.05, 4.69) is 5.32 Å². The van der Waals surface area contributed by atoms with Gasteiger partial charge in [-0.15, -0.1) is 0 Å². The molecular weight excluding hydrogens is 202 g/mol. The molecule has 0 spiro atoms. The maximum absolute atomic E-state index is 11.8. The highest BCUT2D eigenvalue weighted by molar-refractivity contribution is 5.80. The van der Waals surface area contributed by atoms with E-state index < -0.39 is 0 Å². The van der Waals surface area contributed by atoms with Gasteiger partial charge in [-0.3, -0.25) is 4.79 Å². The van der Waals surface area contributed by atoms with Crippen LogP contribution in [0.1, 0.15) is 58.3 Å². The molecule has 3 nitrogen and oxygen atoms in total. The number of nitrogens with one attached hydrogen (secondary N) is 1. The van der Waals surface area contributed by atoms with Crippen LogP contribution in [0.25, 0.3) is 0 Å². The minimum Gasteiger partial charge on any atom is -0.353 e. The van der Waals surface area contributed by atoms with Crippen molar-refractivity contribution in [3.63, 3.8) is 0 Å². The normalized spacial score (nSPS) is 23.1. The van der Waals surface area contributed by atoms with E-state index in [1.165, 1.54) is 12.8 Å². The first-order chi connectivity index (χ1) is 7.60. The summed E-state index contributed by atoms with van der Waals surface area (Å²) in [6.07, 6.45) is 7.84. The highest BCUT2D eigenvalue weighted by Gasteiger charge is 2.37. The van der Waals surface area contributed by atoms with Gasteiger partial charge in [0.15, 0.2) is 0 Å². The van der Waals surface area contributed by atoms with Crippen LogP contribution in [0.15, 0.2) is 0 Å². The fraction of sp³-hybridized carbons (Fsp3) is 0.846. The minimum absolute atomic E-state index is 0.00912. The molecule has 3 heteroatoms.